The minimum Gasteiger partial charge on any atom is -0.404 e. The molecule has 0 radical (unpaired) electrons. The van der Waals surface area contributed by atoms with E-state index in [4.69, 9.17) is 5.73 Å². The van der Waals surface area contributed by atoms with Crippen LogP contribution < -0.4 is 10.6 Å². The first-order valence-electron chi connectivity index (χ1n) is 8.93. The Morgan fingerprint density at radius 1 is 1.39 bits per heavy atom. The van der Waals surface area contributed by atoms with Gasteiger partial charge in [0.1, 0.15) is 0 Å². The summed E-state index contributed by atoms with van der Waals surface area (Å²) in [6, 6.07) is 7.47. The maximum atomic E-state index is 5.82. The molecule has 3 nitrogen and oxygen atoms in total. The maximum absolute atomic E-state index is 5.82. The number of benzene rings is 1. The van der Waals surface area contributed by atoms with Gasteiger partial charge in [-0.1, -0.05) is 19.9 Å². The lowest BCUT2D eigenvalue weighted by Crippen LogP contribution is -2.43. The van der Waals surface area contributed by atoms with Crippen molar-refractivity contribution < 1.29 is 0 Å². The molecule has 3 heteroatoms. The highest BCUT2D eigenvalue weighted by Gasteiger charge is 2.40. The number of nitrogens with zero attached hydrogens (tertiary/aromatic N) is 2. The van der Waals surface area contributed by atoms with E-state index in [0.29, 0.717) is 12.0 Å². The first kappa shape index (κ1) is 16.1. The molecule has 2 atom stereocenters. The number of fused-ring (bicyclic) bond motifs is 1. The van der Waals surface area contributed by atoms with E-state index < -0.39 is 0 Å². The zero-order valence-corrected chi connectivity index (χ0v) is 14.6. The molecule has 1 fully saturated rings. The van der Waals surface area contributed by atoms with Gasteiger partial charge < -0.3 is 10.6 Å². The molecular weight excluding hydrogens is 282 g/mol. The molecule has 1 saturated carbocycles. The van der Waals surface area contributed by atoms with Crippen LogP contribution in [0.4, 0.5) is 5.69 Å². The summed E-state index contributed by atoms with van der Waals surface area (Å²) in [6.07, 6.45) is 8.61. The largest absolute Gasteiger partial charge is 0.404 e. The third-order valence-corrected chi connectivity index (χ3v) is 5.23. The van der Waals surface area contributed by atoms with E-state index in [2.05, 4.69) is 49.0 Å². The molecule has 0 bridgehead atoms. The summed E-state index contributed by atoms with van der Waals surface area (Å²) in [5.41, 5.74) is 10.9. The minimum atomic E-state index is 0.712. The van der Waals surface area contributed by atoms with Crippen LogP contribution in [0.15, 0.2) is 29.4 Å². The molecule has 1 aliphatic carbocycles. The Bertz CT molecular complexity index is 613. The van der Waals surface area contributed by atoms with Crippen molar-refractivity contribution in [1.82, 2.24) is 0 Å². The summed E-state index contributed by atoms with van der Waals surface area (Å²) in [7, 11) is 2.26. The quantitative estimate of drug-likeness (QED) is 0.839. The van der Waals surface area contributed by atoms with Gasteiger partial charge >= 0.3 is 0 Å². The van der Waals surface area contributed by atoms with Gasteiger partial charge in [0.2, 0.25) is 0 Å². The Hall–Kier alpha value is -1.77. The van der Waals surface area contributed by atoms with Crippen LogP contribution in [-0.4, -0.2) is 25.8 Å². The summed E-state index contributed by atoms with van der Waals surface area (Å²) in [5.74, 6) is 1.62. The number of rotatable bonds is 5. The molecule has 0 amide bonds. The van der Waals surface area contributed by atoms with Crippen LogP contribution >= 0.6 is 0 Å². The smallest absolute Gasteiger partial charge is 0.0399 e. The molecule has 23 heavy (non-hydrogen) atoms. The van der Waals surface area contributed by atoms with Gasteiger partial charge in [-0.15, -0.1) is 0 Å². The fraction of sp³-hybridized carbons (Fsp3) is 0.550. The Morgan fingerprint density at radius 2 is 2.17 bits per heavy atom. The van der Waals surface area contributed by atoms with E-state index in [0.717, 1.165) is 24.5 Å². The van der Waals surface area contributed by atoms with Crippen molar-refractivity contribution in [2.75, 3.05) is 18.5 Å². The molecule has 1 unspecified atom stereocenters. The molecule has 1 aromatic carbocycles. The molecule has 0 aromatic heterocycles. The number of anilines is 1. The zero-order chi connectivity index (χ0) is 16.4. The topological polar surface area (TPSA) is 41.6 Å². The van der Waals surface area contributed by atoms with Gasteiger partial charge in [0.25, 0.3) is 0 Å². The molecule has 1 heterocycles. The second kappa shape index (κ2) is 6.77. The first-order chi connectivity index (χ1) is 11.2. The summed E-state index contributed by atoms with van der Waals surface area (Å²) in [6.45, 7) is 5.39. The van der Waals surface area contributed by atoms with Crippen LogP contribution in [0.2, 0.25) is 0 Å². The molecule has 1 aromatic rings. The monoisotopic (exact) mass is 311 g/mol. The van der Waals surface area contributed by atoms with Gasteiger partial charge in [0, 0.05) is 43.3 Å². The predicted octanol–water partition coefficient (Wildman–Crippen LogP) is 3.87. The van der Waals surface area contributed by atoms with Crippen molar-refractivity contribution in [2.24, 2.45) is 22.6 Å². The normalized spacial score (nSPS) is 25.0. The fourth-order valence-corrected chi connectivity index (χ4v) is 4.01. The van der Waals surface area contributed by atoms with Crippen LogP contribution in [0, 0.1) is 11.8 Å². The standard InChI is InChI=1S/C20H29N3/c1-4-9-22-13-18(12-21)16-7-8-19-17(11-16)10-14(2)20(23(19)3)15-5-6-15/h7-8,11-15,20H,4-6,9-10,21H2,1-3H3/t14?,20-/m1/s1. The van der Waals surface area contributed by atoms with Crippen LogP contribution in [-0.2, 0) is 6.42 Å². The third-order valence-electron chi connectivity index (χ3n) is 5.23. The highest BCUT2D eigenvalue weighted by Crippen LogP contribution is 2.44. The lowest BCUT2D eigenvalue weighted by molar-refractivity contribution is 0.381. The van der Waals surface area contributed by atoms with Gasteiger partial charge in [0.15, 0.2) is 0 Å². The van der Waals surface area contributed by atoms with Crippen LogP contribution in [0.5, 0.6) is 0 Å². The highest BCUT2D eigenvalue weighted by atomic mass is 15.2. The van der Waals surface area contributed by atoms with Crippen molar-refractivity contribution >= 4 is 17.5 Å². The van der Waals surface area contributed by atoms with Crippen LogP contribution in [0.25, 0.3) is 5.57 Å². The number of hydrogen-bond donors (Lipinski definition) is 1. The van der Waals surface area contributed by atoms with Crippen molar-refractivity contribution in [1.29, 1.82) is 0 Å². The van der Waals surface area contributed by atoms with Gasteiger partial charge in [0.05, 0.1) is 0 Å². The number of nitrogens with two attached hydrogens (primary N) is 1. The second-order valence-electron chi connectivity index (χ2n) is 7.12. The van der Waals surface area contributed by atoms with E-state index in [9.17, 15) is 0 Å². The summed E-state index contributed by atoms with van der Waals surface area (Å²) in [5, 5.41) is 0. The van der Waals surface area contributed by atoms with E-state index >= 15 is 0 Å². The molecule has 0 saturated heterocycles. The lowest BCUT2D eigenvalue weighted by Gasteiger charge is -2.41. The third kappa shape index (κ3) is 3.29. The van der Waals surface area contributed by atoms with E-state index in [1.165, 1.54) is 36.1 Å². The van der Waals surface area contributed by atoms with Crippen LogP contribution in [0.3, 0.4) is 0 Å². The summed E-state index contributed by atoms with van der Waals surface area (Å²) < 4.78 is 0. The van der Waals surface area contributed by atoms with E-state index in [1.807, 2.05) is 6.21 Å². The molecule has 2 aliphatic rings. The second-order valence-corrected chi connectivity index (χ2v) is 7.12. The Kier molecular flexibility index (Phi) is 4.74. The molecule has 2 N–H and O–H groups in total. The molecule has 1 aliphatic heterocycles. The average molecular weight is 311 g/mol. The Balaban J connectivity index is 1.86. The van der Waals surface area contributed by atoms with E-state index in [-0.39, 0.29) is 0 Å². The average Bonchev–Trinajstić information content (AvgIpc) is 3.36. The SMILES string of the molecule is CCCN=CC(=CN)c1ccc2c(c1)CC(C)[C@H](C1CC1)N2C. The summed E-state index contributed by atoms with van der Waals surface area (Å²) >= 11 is 0. The predicted molar refractivity (Wildman–Crippen MR) is 100 cm³/mol. The Morgan fingerprint density at radius 3 is 2.83 bits per heavy atom. The number of allylic oxidation sites excluding steroid dienone is 1. The summed E-state index contributed by atoms with van der Waals surface area (Å²) in [4.78, 5) is 6.96. The zero-order valence-electron chi connectivity index (χ0n) is 14.6. The lowest BCUT2D eigenvalue weighted by atomic mass is 9.84. The van der Waals surface area contributed by atoms with Crippen LogP contribution in [0.1, 0.15) is 44.2 Å². The highest BCUT2D eigenvalue weighted by molar-refractivity contribution is 6.09. The minimum absolute atomic E-state index is 0.712. The van der Waals surface area contributed by atoms with Gasteiger partial charge in [-0.25, -0.2) is 0 Å². The fourth-order valence-electron chi connectivity index (χ4n) is 4.01. The molecule has 0 spiro atoms. The van der Waals surface area contributed by atoms with Crippen molar-refractivity contribution in [3.8, 4) is 0 Å². The van der Waals surface area contributed by atoms with Crippen molar-refractivity contribution in [3.05, 3.63) is 35.5 Å². The van der Waals surface area contributed by atoms with E-state index in [1.54, 1.807) is 6.20 Å². The van der Waals surface area contributed by atoms with Crippen molar-refractivity contribution in [3.63, 3.8) is 0 Å². The molecule has 124 valence electrons. The Labute approximate surface area is 140 Å². The van der Waals surface area contributed by atoms with Gasteiger partial charge in [-0.05, 0) is 60.8 Å². The van der Waals surface area contributed by atoms with Gasteiger partial charge in [-0.2, -0.15) is 0 Å². The van der Waals surface area contributed by atoms with Crippen molar-refractivity contribution in [2.45, 2.75) is 45.6 Å². The van der Waals surface area contributed by atoms with Gasteiger partial charge in [-0.3, -0.25) is 4.99 Å². The number of aliphatic imine (C=N–C) groups is 1. The molecular formula is C20H29N3. The number of hydrogen-bond acceptors (Lipinski definition) is 3. The molecule has 3 rings (SSSR count). The maximum Gasteiger partial charge on any atom is 0.0399 e. The first-order valence-corrected chi connectivity index (χ1v) is 8.93.